The molecule has 0 aliphatic rings. The van der Waals surface area contributed by atoms with Gasteiger partial charge < -0.3 is 10.5 Å². The number of nitrogens with two attached hydrogens (primary N) is 1. The van der Waals surface area contributed by atoms with E-state index in [4.69, 9.17) is 10.5 Å². The van der Waals surface area contributed by atoms with E-state index in [0.717, 1.165) is 46.7 Å². The molecule has 0 amide bonds. The van der Waals surface area contributed by atoms with Crippen molar-refractivity contribution in [2.45, 2.75) is 39.5 Å². The summed E-state index contributed by atoms with van der Waals surface area (Å²) in [4.78, 5) is 4.45. The third-order valence-corrected chi connectivity index (χ3v) is 4.91. The Morgan fingerprint density at radius 1 is 1.00 bits per heavy atom. The number of nitrogen functional groups attached to an aromatic ring is 1. The van der Waals surface area contributed by atoms with E-state index in [1.807, 2.05) is 55.5 Å². The lowest BCUT2D eigenvalue weighted by molar-refractivity contribution is 0.305. The highest BCUT2D eigenvalue weighted by Gasteiger charge is 2.13. The second-order valence-electron chi connectivity index (χ2n) is 7.23. The molecule has 29 heavy (non-hydrogen) atoms. The lowest BCUT2D eigenvalue weighted by atomic mass is 9.98. The smallest absolute Gasteiger partial charge is 0.142 e. The van der Waals surface area contributed by atoms with Crippen LogP contribution >= 0.6 is 0 Å². The maximum atomic E-state index is 9.61. The molecule has 0 saturated carbocycles. The Bertz CT molecular complexity index is 1000. The summed E-state index contributed by atoms with van der Waals surface area (Å²) in [6, 6.07) is 20.1. The fourth-order valence-electron chi connectivity index (χ4n) is 3.31. The van der Waals surface area contributed by atoms with Crippen molar-refractivity contribution in [2.24, 2.45) is 0 Å². The van der Waals surface area contributed by atoms with Crippen LogP contribution in [0.25, 0.3) is 22.4 Å². The molecular weight excluding hydrogens is 358 g/mol. The number of hydrogen-bond donors (Lipinski definition) is 1. The molecule has 2 aromatic carbocycles. The van der Waals surface area contributed by atoms with Crippen LogP contribution < -0.4 is 10.5 Å². The summed E-state index contributed by atoms with van der Waals surface area (Å²) < 4.78 is 5.83. The largest absolute Gasteiger partial charge is 0.494 e. The van der Waals surface area contributed by atoms with E-state index in [1.54, 1.807) is 0 Å². The Hall–Kier alpha value is -3.32. The minimum atomic E-state index is 0.248. The number of nitrogens with zero attached hydrogens (tertiary/aromatic N) is 2. The van der Waals surface area contributed by atoms with E-state index in [9.17, 15) is 5.26 Å². The highest BCUT2D eigenvalue weighted by atomic mass is 16.5. The Labute approximate surface area is 173 Å². The molecule has 4 nitrogen and oxygen atoms in total. The van der Waals surface area contributed by atoms with Crippen LogP contribution in [0.5, 0.6) is 5.75 Å². The molecule has 0 atom stereocenters. The number of aryl methyl sites for hydroxylation is 1. The van der Waals surface area contributed by atoms with Gasteiger partial charge in [-0.15, -0.1) is 0 Å². The highest BCUT2D eigenvalue weighted by Crippen LogP contribution is 2.32. The number of anilines is 1. The number of hydrogen-bond acceptors (Lipinski definition) is 4. The van der Waals surface area contributed by atoms with E-state index in [1.165, 1.54) is 19.3 Å². The van der Waals surface area contributed by atoms with Crippen LogP contribution in [0.4, 0.5) is 5.82 Å². The van der Waals surface area contributed by atoms with Gasteiger partial charge in [-0.05, 0) is 43.2 Å². The van der Waals surface area contributed by atoms with Gasteiger partial charge in [0.2, 0.25) is 0 Å². The van der Waals surface area contributed by atoms with Crippen LogP contribution in [-0.2, 0) is 0 Å². The molecule has 0 aliphatic heterocycles. The van der Waals surface area contributed by atoms with Crippen molar-refractivity contribution in [2.75, 3.05) is 12.3 Å². The monoisotopic (exact) mass is 385 g/mol. The fourth-order valence-corrected chi connectivity index (χ4v) is 3.31. The van der Waals surface area contributed by atoms with Gasteiger partial charge in [-0.1, -0.05) is 62.1 Å². The normalized spacial score (nSPS) is 10.5. The summed E-state index contributed by atoms with van der Waals surface area (Å²) in [6.07, 6.45) is 4.72. The molecule has 1 heterocycles. The second kappa shape index (κ2) is 9.75. The van der Waals surface area contributed by atoms with Crippen molar-refractivity contribution in [1.82, 2.24) is 4.98 Å². The molecule has 0 unspecified atom stereocenters. The first-order valence-corrected chi connectivity index (χ1v) is 10.1. The summed E-state index contributed by atoms with van der Waals surface area (Å²) in [5, 5.41) is 9.61. The molecule has 0 saturated heterocycles. The van der Waals surface area contributed by atoms with Gasteiger partial charge in [-0.2, -0.15) is 5.26 Å². The number of pyridine rings is 1. The van der Waals surface area contributed by atoms with Crippen molar-refractivity contribution in [1.29, 1.82) is 5.26 Å². The molecular formula is C25H27N3O. The topological polar surface area (TPSA) is 71.9 Å². The van der Waals surface area contributed by atoms with E-state index in [-0.39, 0.29) is 5.82 Å². The fraction of sp³-hybridized carbons (Fsp3) is 0.280. The first kappa shape index (κ1) is 20.4. The third kappa shape index (κ3) is 5.14. The van der Waals surface area contributed by atoms with Gasteiger partial charge >= 0.3 is 0 Å². The Morgan fingerprint density at radius 2 is 1.79 bits per heavy atom. The Morgan fingerprint density at radius 3 is 2.48 bits per heavy atom. The summed E-state index contributed by atoms with van der Waals surface area (Å²) >= 11 is 0. The van der Waals surface area contributed by atoms with Gasteiger partial charge in [0.05, 0.1) is 12.3 Å². The van der Waals surface area contributed by atoms with E-state index >= 15 is 0 Å². The lowest BCUT2D eigenvalue weighted by Crippen LogP contribution is -2.00. The molecule has 0 bridgehead atoms. The van der Waals surface area contributed by atoms with E-state index < -0.39 is 0 Å². The zero-order valence-corrected chi connectivity index (χ0v) is 17.1. The summed E-state index contributed by atoms with van der Waals surface area (Å²) in [5.41, 5.74) is 11.1. The first-order valence-electron chi connectivity index (χ1n) is 10.1. The molecule has 0 radical (unpaired) electrons. The van der Waals surface area contributed by atoms with Crippen LogP contribution in [-0.4, -0.2) is 11.6 Å². The minimum Gasteiger partial charge on any atom is -0.494 e. The quantitative estimate of drug-likeness (QED) is 0.473. The SMILES string of the molecule is CCCCCCOc1ccc(-c2cc(-c3cccc(C)c3)nc(N)c2C#N)cc1. The molecule has 1 aromatic heterocycles. The Kier molecular flexibility index (Phi) is 6.86. The number of benzene rings is 2. The van der Waals surface area contributed by atoms with Crippen LogP contribution in [0.3, 0.4) is 0 Å². The maximum absolute atomic E-state index is 9.61. The number of nitriles is 1. The summed E-state index contributed by atoms with van der Waals surface area (Å²) in [5.74, 6) is 1.09. The van der Waals surface area contributed by atoms with Crippen molar-refractivity contribution in [3.8, 4) is 34.2 Å². The van der Waals surface area contributed by atoms with Crippen LogP contribution in [0, 0.1) is 18.3 Å². The van der Waals surface area contributed by atoms with Crippen LogP contribution in [0.15, 0.2) is 54.6 Å². The van der Waals surface area contributed by atoms with Crippen molar-refractivity contribution >= 4 is 5.82 Å². The molecule has 4 heteroatoms. The molecule has 3 rings (SSSR count). The number of rotatable bonds is 8. The first-order chi connectivity index (χ1) is 14.1. The third-order valence-electron chi connectivity index (χ3n) is 4.91. The van der Waals surface area contributed by atoms with Crippen LogP contribution in [0.1, 0.15) is 43.7 Å². The highest BCUT2D eigenvalue weighted by molar-refractivity contribution is 5.80. The van der Waals surface area contributed by atoms with E-state index in [0.29, 0.717) is 5.56 Å². The standard InChI is InChI=1S/C25H27N3O/c1-3-4-5-6-14-29-21-12-10-19(11-13-21)22-16-24(28-25(27)23(22)17-26)20-9-7-8-18(2)15-20/h7-13,15-16H,3-6,14H2,1-2H3,(H2,27,28). The van der Waals surface area contributed by atoms with Crippen molar-refractivity contribution in [3.63, 3.8) is 0 Å². The molecule has 0 fully saturated rings. The average Bonchev–Trinajstić information content (AvgIpc) is 2.73. The van der Waals surface area contributed by atoms with Gasteiger partial charge in [0.1, 0.15) is 23.2 Å². The number of ether oxygens (including phenoxy) is 1. The number of aromatic nitrogens is 1. The van der Waals surface area contributed by atoms with Crippen molar-refractivity contribution < 1.29 is 4.74 Å². The van der Waals surface area contributed by atoms with Gasteiger partial charge in [-0.25, -0.2) is 4.98 Å². The molecule has 0 spiro atoms. The predicted octanol–water partition coefficient (Wildman–Crippen LogP) is 6.14. The van der Waals surface area contributed by atoms with Gasteiger partial charge in [0, 0.05) is 11.1 Å². The lowest BCUT2D eigenvalue weighted by Gasteiger charge is -2.12. The average molecular weight is 386 g/mol. The Balaban J connectivity index is 1.86. The zero-order valence-electron chi connectivity index (χ0n) is 17.1. The summed E-state index contributed by atoms with van der Waals surface area (Å²) in [6.45, 7) is 4.96. The number of unbranched alkanes of at least 4 members (excludes halogenated alkanes) is 3. The van der Waals surface area contributed by atoms with Crippen molar-refractivity contribution in [3.05, 3.63) is 65.7 Å². The predicted molar refractivity (Wildman–Crippen MR) is 119 cm³/mol. The van der Waals surface area contributed by atoms with E-state index in [2.05, 4.69) is 24.0 Å². The molecule has 0 aliphatic carbocycles. The minimum absolute atomic E-state index is 0.248. The van der Waals surface area contributed by atoms with Gasteiger partial charge in [-0.3, -0.25) is 0 Å². The zero-order chi connectivity index (χ0) is 20.6. The molecule has 148 valence electrons. The second-order valence-corrected chi connectivity index (χ2v) is 7.23. The molecule has 3 aromatic rings. The molecule has 2 N–H and O–H groups in total. The maximum Gasteiger partial charge on any atom is 0.142 e. The van der Waals surface area contributed by atoms with Gasteiger partial charge in [0.15, 0.2) is 0 Å². The summed E-state index contributed by atoms with van der Waals surface area (Å²) in [7, 11) is 0. The van der Waals surface area contributed by atoms with Gasteiger partial charge in [0.25, 0.3) is 0 Å². The van der Waals surface area contributed by atoms with Crippen LogP contribution in [0.2, 0.25) is 0 Å².